The average molecular weight is 1030 g/mol. The normalized spacial score (nSPS) is 14.4. The highest BCUT2D eigenvalue weighted by Gasteiger charge is 2.30. The first-order valence-corrected chi connectivity index (χ1v) is 30.9. The molecule has 10 heteroatoms. The van der Waals surface area contributed by atoms with Crippen molar-refractivity contribution in [2.75, 3.05) is 40.9 Å². The van der Waals surface area contributed by atoms with Crippen molar-refractivity contribution in [2.45, 2.75) is 258 Å². The number of likely N-dealkylation sites (N-methyl/N-ethyl adjacent to an activating group) is 1. The number of rotatable bonds is 52. The molecule has 0 radical (unpaired) electrons. The van der Waals surface area contributed by atoms with Gasteiger partial charge < -0.3 is 19.4 Å². The largest absolute Gasteiger partial charge is 0.472 e. The molecule has 0 saturated heterocycles. The van der Waals surface area contributed by atoms with Crippen LogP contribution in [0.3, 0.4) is 0 Å². The van der Waals surface area contributed by atoms with E-state index < -0.39 is 20.0 Å². The van der Waals surface area contributed by atoms with Crippen LogP contribution in [0.25, 0.3) is 0 Å². The molecule has 0 saturated carbocycles. The predicted octanol–water partition coefficient (Wildman–Crippen LogP) is 17.8. The number of carbonyl (C=O) groups excluding carboxylic acids is 2. The number of esters is 1. The lowest BCUT2D eigenvalue weighted by molar-refractivity contribution is -0.870. The van der Waals surface area contributed by atoms with Gasteiger partial charge in [-0.1, -0.05) is 209 Å². The third-order valence-electron chi connectivity index (χ3n) is 12.6. The lowest BCUT2D eigenvalue weighted by Gasteiger charge is -2.27. The molecular formula is C62H112N2O7P+. The Hall–Kier alpha value is -2.81. The van der Waals surface area contributed by atoms with E-state index in [0.29, 0.717) is 30.3 Å². The first kappa shape index (κ1) is 69.2. The molecule has 9 nitrogen and oxygen atoms in total. The molecule has 0 aromatic carbocycles. The zero-order valence-electron chi connectivity index (χ0n) is 47.4. The van der Waals surface area contributed by atoms with Crippen molar-refractivity contribution in [2.24, 2.45) is 0 Å². The summed E-state index contributed by atoms with van der Waals surface area (Å²) >= 11 is 0. The van der Waals surface area contributed by atoms with Crippen LogP contribution in [0.4, 0.5) is 0 Å². The number of nitrogens with zero attached hydrogens (tertiary/aromatic N) is 1. The average Bonchev–Trinajstić information content (AvgIpc) is 3.34. The van der Waals surface area contributed by atoms with E-state index in [1.165, 1.54) is 103 Å². The minimum absolute atomic E-state index is 0.0282. The summed E-state index contributed by atoms with van der Waals surface area (Å²) < 4.78 is 30.6. The first-order valence-electron chi connectivity index (χ1n) is 29.4. The third-order valence-corrected chi connectivity index (χ3v) is 13.5. The van der Waals surface area contributed by atoms with Crippen LogP contribution in [0.2, 0.25) is 0 Å². The number of quaternary nitrogens is 1. The van der Waals surface area contributed by atoms with Gasteiger partial charge in [0, 0.05) is 12.8 Å². The number of hydrogen-bond donors (Lipinski definition) is 2. The Morgan fingerprint density at radius 2 is 0.847 bits per heavy atom. The van der Waals surface area contributed by atoms with Crippen LogP contribution in [0.1, 0.15) is 245 Å². The monoisotopic (exact) mass is 1030 g/mol. The zero-order valence-corrected chi connectivity index (χ0v) is 48.3. The van der Waals surface area contributed by atoms with E-state index in [-0.39, 0.29) is 31.5 Å². The summed E-state index contributed by atoms with van der Waals surface area (Å²) in [6.07, 6.45) is 67.1. The number of unbranched alkanes of at least 4 members (excludes halogenated alkanes) is 24. The highest BCUT2D eigenvalue weighted by Crippen LogP contribution is 2.43. The van der Waals surface area contributed by atoms with Crippen molar-refractivity contribution >= 4 is 19.7 Å². The maximum absolute atomic E-state index is 13.5. The predicted molar refractivity (Wildman–Crippen MR) is 309 cm³/mol. The van der Waals surface area contributed by atoms with Gasteiger partial charge in [-0.3, -0.25) is 18.6 Å². The maximum Gasteiger partial charge on any atom is 0.472 e. The number of nitrogens with one attached hydrogen (secondary N) is 1. The van der Waals surface area contributed by atoms with Crippen LogP contribution in [-0.2, 0) is 27.9 Å². The third kappa shape index (κ3) is 52.1. The van der Waals surface area contributed by atoms with E-state index in [4.69, 9.17) is 13.8 Å². The van der Waals surface area contributed by atoms with E-state index >= 15 is 0 Å². The Labute approximate surface area is 444 Å². The number of allylic oxidation sites excluding steroid dienone is 13. The summed E-state index contributed by atoms with van der Waals surface area (Å²) in [5, 5.41) is 3.03. The van der Waals surface area contributed by atoms with Gasteiger partial charge in [0.1, 0.15) is 19.3 Å². The molecule has 0 rings (SSSR count). The van der Waals surface area contributed by atoms with E-state index in [2.05, 4.69) is 99.0 Å². The fraction of sp³-hybridized carbons (Fsp3) is 0.742. The van der Waals surface area contributed by atoms with Gasteiger partial charge in [-0.25, -0.2) is 4.57 Å². The van der Waals surface area contributed by atoms with Crippen LogP contribution < -0.4 is 5.32 Å². The molecule has 2 N–H and O–H groups in total. The van der Waals surface area contributed by atoms with E-state index in [0.717, 1.165) is 96.3 Å². The van der Waals surface area contributed by atoms with Crippen molar-refractivity contribution < 1.29 is 37.3 Å². The van der Waals surface area contributed by atoms with Gasteiger partial charge in [0.2, 0.25) is 5.91 Å². The molecule has 0 aliphatic carbocycles. The Bertz CT molecular complexity index is 1510. The molecule has 0 aliphatic rings. The van der Waals surface area contributed by atoms with Gasteiger partial charge in [0.15, 0.2) is 0 Å². The molecule has 0 aromatic heterocycles. The van der Waals surface area contributed by atoms with Crippen LogP contribution in [0.15, 0.2) is 85.1 Å². The Balaban J connectivity index is 5.42. The number of carbonyl (C=O) groups is 2. The smallest absolute Gasteiger partial charge is 0.456 e. The standard InChI is InChI=1S/C62H111N2O7P/c1-7-10-13-16-19-22-25-28-30-32-34-36-39-42-45-48-51-54-61(65)63-59(58-70-72(67,68)69-57-56-64(4,5)6)60(53-50-47-44-41-38-27-24-21-18-15-12-9-3)71-62(66)55-52-49-46-43-40-37-35-33-31-29-26-23-20-17-14-11-8-2/h19-20,22-23,28-31,34-37,50,53,59-60H,7-18,21,24-27,32-33,38-49,51-52,54-58H2,1-6H3,(H-,63,65,67,68)/p+1/b22-19-,23-20-,30-28-,31-29-,36-34-,37-35-,53-50+. The molecule has 0 fully saturated rings. The molecule has 3 atom stereocenters. The van der Waals surface area contributed by atoms with Gasteiger partial charge in [0.25, 0.3) is 0 Å². The molecule has 0 aliphatic heterocycles. The fourth-order valence-electron chi connectivity index (χ4n) is 7.95. The van der Waals surface area contributed by atoms with Gasteiger partial charge in [-0.05, 0) is 109 Å². The molecule has 1 amide bonds. The molecule has 416 valence electrons. The van der Waals surface area contributed by atoms with E-state index in [1.807, 2.05) is 33.3 Å². The Morgan fingerprint density at radius 1 is 0.486 bits per heavy atom. The second-order valence-electron chi connectivity index (χ2n) is 20.8. The van der Waals surface area contributed by atoms with Crippen molar-refractivity contribution in [1.29, 1.82) is 0 Å². The Kier molecular flexibility index (Phi) is 49.6. The number of ether oxygens (including phenoxy) is 1. The van der Waals surface area contributed by atoms with Crippen molar-refractivity contribution in [1.82, 2.24) is 5.32 Å². The summed E-state index contributed by atoms with van der Waals surface area (Å²) in [5.41, 5.74) is 0. The summed E-state index contributed by atoms with van der Waals surface area (Å²) in [4.78, 5) is 37.6. The zero-order chi connectivity index (χ0) is 52.9. The van der Waals surface area contributed by atoms with Gasteiger partial charge in [-0.2, -0.15) is 0 Å². The minimum Gasteiger partial charge on any atom is -0.456 e. The SMILES string of the molecule is CCCCC/C=C\C/C=C\C/C=C\CCCCCCC(=O)NC(COP(=O)(O)OCC[N+](C)(C)C)C(/C=C/CCCCCCCCCCCC)OC(=O)CCCCCC/C=C\C/C=C\C/C=C\CCCCC. The van der Waals surface area contributed by atoms with Crippen LogP contribution in [0, 0.1) is 0 Å². The van der Waals surface area contributed by atoms with Gasteiger partial charge in [-0.15, -0.1) is 0 Å². The van der Waals surface area contributed by atoms with Gasteiger partial charge >= 0.3 is 13.8 Å². The summed E-state index contributed by atoms with van der Waals surface area (Å²) in [6, 6.07) is -0.873. The van der Waals surface area contributed by atoms with Crippen LogP contribution >= 0.6 is 7.82 Å². The van der Waals surface area contributed by atoms with Crippen molar-refractivity contribution in [3.63, 3.8) is 0 Å². The lowest BCUT2D eigenvalue weighted by atomic mass is 10.0. The molecule has 0 heterocycles. The molecule has 3 unspecified atom stereocenters. The molecular weight excluding hydrogens is 916 g/mol. The van der Waals surface area contributed by atoms with Crippen LogP contribution in [0.5, 0.6) is 0 Å². The molecule has 0 spiro atoms. The first-order chi connectivity index (χ1) is 34.9. The fourth-order valence-corrected chi connectivity index (χ4v) is 8.69. The minimum atomic E-state index is -4.46. The lowest BCUT2D eigenvalue weighted by Crippen LogP contribution is -2.47. The topological polar surface area (TPSA) is 111 Å². The summed E-state index contributed by atoms with van der Waals surface area (Å²) in [6.45, 7) is 6.91. The van der Waals surface area contributed by atoms with Crippen molar-refractivity contribution in [3.05, 3.63) is 85.1 Å². The van der Waals surface area contributed by atoms with Crippen LogP contribution in [-0.4, -0.2) is 74.3 Å². The summed E-state index contributed by atoms with van der Waals surface area (Å²) in [7, 11) is 1.46. The van der Waals surface area contributed by atoms with E-state index in [1.54, 1.807) is 0 Å². The van der Waals surface area contributed by atoms with Gasteiger partial charge in [0.05, 0.1) is 33.8 Å². The quantitative estimate of drug-likeness (QED) is 0.0205. The summed E-state index contributed by atoms with van der Waals surface area (Å²) in [5.74, 6) is -0.559. The molecule has 0 aromatic rings. The van der Waals surface area contributed by atoms with E-state index in [9.17, 15) is 19.0 Å². The number of amides is 1. The number of phosphoric acid groups is 1. The highest BCUT2D eigenvalue weighted by molar-refractivity contribution is 7.47. The van der Waals surface area contributed by atoms with Crippen molar-refractivity contribution in [3.8, 4) is 0 Å². The second-order valence-corrected chi connectivity index (χ2v) is 22.3. The number of phosphoric ester groups is 1. The Morgan fingerprint density at radius 3 is 1.29 bits per heavy atom. The second kappa shape index (κ2) is 51.7. The molecule has 0 bridgehead atoms. The number of hydrogen-bond acceptors (Lipinski definition) is 6. The maximum atomic E-state index is 13.5. The molecule has 72 heavy (non-hydrogen) atoms. The highest BCUT2D eigenvalue weighted by atomic mass is 31.2.